The van der Waals surface area contributed by atoms with Crippen molar-refractivity contribution in [2.75, 3.05) is 28.4 Å². The molecule has 0 radical (unpaired) electrons. The molecule has 1 aliphatic rings. The van der Waals surface area contributed by atoms with Crippen LogP contribution in [0.3, 0.4) is 0 Å². The zero-order valence-corrected chi connectivity index (χ0v) is 20.3. The summed E-state index contributed by atoms with van der Waals surface area (Å²) in [6.07, 6.45) is 1.75. The summed E-state index contributed by atoms with van der Waals surface area (Å²) in [6.45, 7) is 1.74. The van der Waals surface area contributed by atoms with Crippen molar-refractivity contribution in [2.45, 2.75) is 13.0 Å². The topological polar surface area (TPSA) is 88.4 Å². The molecule has 3 aromatic rings. The van der Waals surface area contributed by atoms with Gasteiger partial charge in [0.25, 0.3) is 5.56 Å². The lowest BCUT2D eigenvalue weighted by Gasteiger charge is -2.24. The minimum Gasteiger partial charge on any atom is -0.497 e. The monoisotopic (exact) mass is 480 g/mol. The lowest BCUT2D eigenvalue weighted by molar-refractivity contribution is -0.136. The lowest BCUT2D eigenvalue weighted by atomic mass is 9.96. The summed E-state index contributed by atoms with van der Waals surface area (Å²) in [7, 11) is 6.03. The highest BCUT2D eigenvalue weighted by Gasteiger charge is 2.33. The summed E-state index contributed by atoms with van der Waals surface area (Å²) in [5, 5.41) is 0. The SMILES string of the molecule is COC(=O)C1=C(C)N=c2s/c(=C\c3ccc(OC)cc3OC)c(=O)n2[C@H]1c1ccc(OC)cc1. The maximum atomic E-state index is 13.6. The number of hydrogen-bond acceptors (Lipinski definition) is 8. The Kier molecular flexibility index (Phi) is 6.56. The van der Waals surface area contributed by atoms with Crippen molar-refractivity contribution in [1.29, 1.82) is 0 Å². The van der Waals surface area contributed by atoms with Crippen molar-refractivity contribution in [2.24, 2.45) is 4.99 Å². The fraction of sp³-hybridized carbons (Fsp3) is 0.240. The van der Waals surface area contributed by atoms with Crippen LogP contribution in [-0.2, 0) is 9.53 Å². The third-order valence-electron chi connectivity index (χ3n) is 5.59. The summed E-state index contributed by atoms with van der Waals surface area (Å²) in [6, 6.07) is 11.9. The Balaban J connectivity index is 1.94. The number of allylic oxidation sites excluding steroid dienone is 1. The molecule has 0 bridgehead atoms. The van der Waals surface area contributed by atoms with Crippen LogP contribution in [0.4, 0.5) is 0 Å². The number of benzene rings is 2. The van der Waals surface area contributed by atoms with E-state index in [1.165, 1.54) is 23.0 Å². The molecule has 8 nitrogen and oxygen atoms in total. The van der Waals surface area contributed by atoms with Crippen molar-refractivity contribution < 1.29 is 23.7 Å². The van der Waals surface area contributed by atoms with Gasteiger partial charge in [0, 0.05) is 11.6 Å². The van der Waals surface area contributed by atoms with Gasteiger partial charge in [0.1, 0.15) is 17.2 Å². The van der Waals surface area contributed by atoms with Crippen molar-refractivity contribution in [3.05, 3.63) is 84.5 Å². The van der Waals surface area contributed by atoms with Crippen molar-refractivity contribution in [1.82, 2.24) is 4.57 Å². The van der Waals surface area contributed by atoms with E-state index in [1.807, 2.05) is 18.2 Å². The summed E-state index contributed by atoms with van der Waals surface area (Å²) in [4.78, 5) is 31.4. The van der Waals surface area contributed by atoms with E-state index in [1.54, 1.807) is 58.6 Å². The lowest BCUT2D eigenvalue weighted by Crippen LogP contribution is -2.39. The molecule has 1 aliphatic heterocycles. The van der Waals surface area contributed by atoms with Crippen LogP contribution in [0.2, 0.25) is 0 Å². The number of rotatable bonds is 6. The molecule has 0 saturated heterocycles. The number of thiazole rings is 1. The van der Waals surface area contributed by atoms with Crippen molar-refractivity contribution >= 4 is 23.4 Å². The standard InChI is InChI=1S/C25H24N2O6S/c1-14-21(24(29)33-5)22(15-6-9-17(30-2)10-7-15)27-23(28)20(34-25(27)26-14)12-16-8-11-18(31-3)13-19(16)32-4/h6-13,22H,1-5H3/b20-12-/t22-/m0/s1. The molecule has 9 heteroatoms. The van der Waals surface area contributed by atoms with E-state index in [0.717, 1.165) is 11.1 Å². The summed E-state index contributed by atoms with van der Waals surface area (Å²) < 4.78 is 23.0. The smallest absolute Gasteiger partial charge is 0.338 e. The first kappa shape index (κ1) is 23.3. The summed E-state index contributed by atoms with van der Waals surface area (Å²) in [5.41, 5.74) is 2.01. The van der Waals surface area contributed by atoms with Crippen LogP contribution in [0.25, 0.3) is 6.08 Å². The Morgan fingerprint density at radius 1 is 1.00 bits per heavy atom. The second-order valence-electron chi connectivity index (χ2n) is 7.45. The van der Waals surface area contributed by atoms with Gasteiger partial charge in [0.2, 0.25) is 0 Å². The molecule has 0 N–H and O–H groups in total. The Bertz CT molecular complexity index is 1450. The zero-order chi connectivity index (χ0) is 24.4. The molecule has 0 amide bonds. The number of hydrogen-bond donors (Lipinski definition) is 0. The van der Waals surface area contributed by atoms with Crippen LogP contribution >= 0.6 is 11.3 Å². The molecule has 0 fully saturated rings. The molecular weight excluding hydrogens is 456 g/mol. The number of carbonyl (C=O) groups is 1. The fourth-order valence-corrected chi connectivity index (χ4v) is 4.91. The number of fused-ring (bicyclic) bond motifs is 1. The molecule has 2 heterocycles. The van der Waals surface area contributed by atoms with Crippen molar-refractivity contribution in [3.8, 4) is 17.2 Å². The number of esters is 1. The molecule has 1 atom stereocenters. The number of nitrogens with zero attached hydrogens (tertiary/aromatic N) is 2. The molecule has 176 valence electrons. The maximum Gasteiger partial charge on any atom is 0.338 e. The van der Waals surface area contributed by atoms with Crippen LogP contribution in [0.1, 0.15) is 24.1 Å². The Morgan fingerprint density at radius 2 is 1.68 bits per heavy atom. The number of aromatic nitrogens is 1. The minimum atomic E-state index is -0.686. The molecule has 2 aromatic carbocycles. The minimum absolute atomic E-state index is 0.267. The van der Waals surface area contributed by atoms with Gasteiger partial charge in [-0.2, -0.15) is 0 Å². The van der Waals surface area contributed by atoms with E-state index in [2.05, 4.69) is 4.99 Å². The second kappa shape index (κ2) is 9.56. The molecule has 1 aromatic heterocycles. The Hall–Kier alpha value is -3.85. The van der Waals surface area contributed by atoms with Gasteiger partial charge in [-0.15, -0.1) is 0 Å². The number of methoxy groups -OCH3 is 4. The molecule has 34 heavy (non-hydrogen) atoms. The molecule has 0 spiro atoms. The van der Waals surface area contributed by atoms with E-state index in [9.17, 15) is 9.59 Å². The molecule has 0 unspecified atom stereocenters. The van der Waals surface area contributed by atoms with Gasteiger partial charge in [-0.1, -0.05) is 23.5 Å². The molecule has 0 saturated carbocycles. The first-order chi connectivity index (χ1) is 16.4. The van der Waals surface area contributed by atoms with Gasteiger partial charge >= 0.3 is 5.97 Å². The molecule has 4 rings (SSSR count). The number of ether oxygens (including phenoxy) is 4. The van der Waals surface area contributed by atoms with Crippen LogP contribution in [-0.4, -0.2) is 39.0 Å². The highest BCUT2D eigenvalue weighted by atomic mass is 32.1. The second-order valence-corrected chi connectivity index (χ2v) is 8.46. The first-order valence-electron chi connectivity index (χ1n) is 10.4. The highest BCUT2D eigenvalue weighted by molar-refractivity contribution is 7.07. The van der Waals surface area contributed by atoms with Crippen LogP contribution in [0.15, 0.2) is 63.5 Å². The van der Waals surface area contributed by atoms with Gasteiger partial charge < -0.3 is 18.9 Å². The van der Waals surface area contributed by atoms with Gasteiger partial charge in [0.15, 0.2) is 4.80 Å². The Labute approximate surface area is 200 Å². The van der Waals surface area contributed by atoms with Gasteiger partial charge in [-0.05, 0) is 42.8 Å². The van der Waals surface area contributed by atoms with Gasteiger partial charge in [-0.25, -0.2) is 9.79 Å². The van der Waals surface area contributed by atoms with Crippen LogP contribution in [0, 0.1) is 0 Å². The van der Waals surface area contributed by atoms with E-state index in [0.29, 0.717) is 37.9 Å². The maximum absolute atomic E-state index is 13.6. The predicted molar refractivity (Wildman–Crippen MR) is 128 cm³/mol. The van der Waals surface area contributed by atoms with Crippen LogP contribution in [0.5, 0.6) is 17.2 Å². The predicted octanol–water partition coefficient (Wildman–Crippen LogP) is 2.43. The van der Waals surface area contributed by atoms with Crippen LogP contribution < -0.4 is 29.1 Å². The number of carbonyl (C=O) groups excluding carboxylic acids is 1. The highest BCUT2D eigenvalue weighted by Crippen LogP contribution is 2.31. The summed E-state index contributed by atoms with van der Waals surface area (Å²) in [5.74, 6) is 1.35. The zero-order valence-electron chi connectivity index (χ0n) is 19.4. The largest absolute Gasteiger partial charge is 0.497 e. The average Bonchev–Trinajstić information content (AvgIpc) is 3.17. The van der Waals surface area contributed by atoms with E-state index in [4.69, 9.17) is 18.9 Å². The van der Waals surface area contributed by atoms with Gasteiger partial charge in [-0.3, -0.25) is 9.36 Å². The molecule has 0 aliphatic carbocycles. The average molecular weight is 481 g/mol. The van der Waals surface area contributed by atoms with E-state index < -0.39 is 12.0 Å². The molecular formula is C25H24N2O6S. The van der Waals surface area contributed by atoms with Gasteiger partial charge in [0.05, 0.1) is 50.3 Å². The fourth-order valence-electron chi connectivity index (χ4n) is 3.87. The Morgan fingerprint density at radius 3 is 2.29 bits per heavy atom. The quantitative estimate of drug-likeness (QED) is 0.504. The first-order valence-corrected chi connectivity index (χ1v) is 11.2. The van der Waals surface area contributed by atoms with E-state index >= 15 is 0 Å². The normalized spacial score (nSPS) is 15.4. The summed E-state index contributed by atoms with van der Waals surface area (Å²) >= 11 is 1.25. The van der Waals surface area contributed by atoms with Crippen molar-refractivity contribution in [3.63, 3.8) is 0 Å². The third-order valence-corrected chi connectivity index (χ3v) is 6.57. The third kappa shape index (κ3) is 4.10. The van der Waals surface area contributed by atoms with E-state index in [-0.39, 0.29) is 5.56 Å².